The molecule has 128 valence electrons. The molecule has 0 aliphatic carbocycles. The molecule has 1 amide bonds. The number of nitro groups is 1. The number of rotatable bonds is 3. The third-order valence-electron chi connectivity index (χ3n) is 3.53. The van der Waals surface area contributed by atoms with Crippen LogP contribution in [0.15, 0.2) is 6.20 Å². The Balaban J connectivity index is 2.06. The van der Waals surface area contributed by atoms with Crippen molar-refractivity contribution < 1.29 is 14.5 Å². The van der Waals surface area contributed by atoms with Gasteiger partial charge in [-0.1, -0.05) is 0 Å². The van der Waals surface area contributed by atoms with Gasteiger partial charge in [-0.05, 0) is 33.6 Å². The number of carbonyl (C=O) groups is 1. The molecule has 0 spiro atoms. The maximum absolute atomic E-state index is 11.9. The molecule has 0 radical (unpaired) electrons. The summed E-state index contributed by atoms with van der Waals surface area (Å²) in [5.41, 5.74) is -0.579. The van der Waals surface area contributed by atoms with Gasteiger partial charge in [-0.3, -0.25) is 10.1 Å². The van der Waals surface area contributed by atoms with Crippen molar-refractivity contribution in [2.24, 2.45) is 7.05 Å². The molecule has 0 aromatic carbocycles. The van der Waals surface area contributed by atoms with Gasteiger partial charge >= 0.3 is 11.8 Å². The molecule has 1 aromatic rings. The molecule has 0 saturated carbocycles. The Labute approximate surface area is 134 Å². The first-order valence-corrected chi connectivity index (χ1v) is 7.58. The maximum atomic E-state index is 11.9. The number of hydrogen-bond acceptors (Lipinski definition) is 6. The van der Waals surface area contributed by atoms with Gasteiger partial charge in [0.15, 0.2) is 0 Å². The zero-order valence-corrected chi connectivity index (χ0v) is 13.9. The summed E-state index contributed by atoms with van der Waals surface area (Å²) in [6.45, 7) is 6.59. The topological polar surface area (TPSA) is 103 Å². The monoisotopic (exact) mass is 325 g/mol. The molecular formula is C14H23N5O4. The van der Waals surface area contributed by atoms with Gasteiger partial charge in [-0.15, -0.1) is 0 Å². The van der Waals surface area contributed by atoms with Crippen LogP contribution in [0.4, 0.5) is 16.3 Å². The molecule has 9 heteroatoms. The van der Waals surface area contributed by atoms with Crippen LogP contribution in [-0.2, 0) is 11.8 Å². The maximum Gasteiger partial charge on any atom is 0.407 e. The lowest BCUT2D eigenvalue weighted by Crippen LogP contribution is -2.49. The van der Waals surface area contributed by atoms with Crippen molar-refractivity contribution in [1.82, 2.24) is 15.1 Å². The predicted molar refractivity (Wildman–Crippen MR) is 84.5 cm³/mol. The molecule has 9 nitrogen and oxygen atoms in total. The second-order valence-corrected chi connectivity index (χ2v) is 6.67. The Bertz CT molecular complexity index is 592. The van der Waals surface area contributed by atoms with E-state index in [0.29, 0.717) is 18.9 Å². The molecular weight excluding hydrogens is 302 g/mol. The molecule has 0 bridgehead atoms. The quantitative estimate of drug-likeness (QED) is 0.672. The van der Waals surface area contributed by atoms with E-state index in [1.807, 2.05) is 4.90 Å². The third kappa shape index (κ3) is 4.33. The highest BCUT2D eigenvalue weighted by Crippen LogP contribution is 2.29. The molecule has 1 aromatic heterocycles. The fourth-order valence-corrected chi connectivity index (χ4v) is 2.68. The molecule has 1 aliphatic heterocycles. The first kappa shape index (κ1) is 17.0. The number of aryl methyl sites for hydroxylation is 1. The van der Waals surface area contributed by atoms with E-state index in [9.17, 15) is 14.9 Å². The summed E-state index contributed by atoms with van der Waals surface area (Å²) < 4.78 is 6.75. The number of piperidine rings is 1. The highest BCUT2D eigenvalue weighted by atomic mass is 16.6. The number of carbonyl (C=O) groups excluding carboxylic acids is 1. The summed E-state index contributed by atoms with van der Waals surface area (Å²) in [5.74, 6) is 0.464. The Morgan fingerprint density at radius 2 is 2.22 bits per heavy atom. The van der Waals surface area contributed by atoms with E-state index in [-0.39, 0.29) is 11.7 Å². The van der Waals surface area contributed by atoms with E-state index in [0.717, 1.165) is 12.8 Å². The molecule has 23 heavy (non-hydrogen) atoms. The first-order valence-electron chi connectivity index (χ1n) is 7.58. The average molecular weight is 325 g/mol. The third-order valence-corrected chi connectivity index (χ3v) is 3.53. The van der Waals surface area contributed by atoms with Crippen molar-refractivity contribution in [3.63, 3.8) is 0 Å². The normalized spacial score (nSPS) is 18.6. The molecule has 2 heterocycles. The van der Waals surface area contributed by atoms with E-state index >= 15 is 0 Å². The van der Waals surface area contributed by atoms with E-state index in [1.54, 1.807) is 27.8 Å². The van der Waals surface area contributed by atoms with Crippen molar-refractivity contribution >= 4 is 17.6 Å². The smallest absolute Gasteiger partial charge is 0.407 e. The number of alkyl carbamates (subject to hydrolysis) is 1. The van der Waals surface area contributed by atoms with Crippen molar-refractivity contribution in [1.29, 1.82) is 0 Å². The summed E-state index contributed by atoms with van der Waals surface area (Å²) >= 11 is 0. The molecule has 1 unspecified atom stereocenters. The number of anilines is 1. The number of hydrogen-bond donors (Lipinski definition) is 1. The standard InChI is InChI=1S/C14H23N5O4/c1-14(2,3)23-13(20)16-10-6-5-7-18(9-10)12-11(19(21)22)8-15-17(12)4/h8,10H,5-7,9H2,1-4H3,(H,16,20). The lowest BCUT2D eigenvalue weighted by molar-refractivity contribution is -0.384. The minimum Gasteiger partial charge on any atom is -0.444 e. The lowest BCUT2D eigenvalue weighted by atomic mass is 10.1. The van der Waals surface area contributed by atoms with E-state index < -0.39 is 16.6 Å². The van der Waals surface area contributed by atoms with Crippen LogP contribution < -0.4 is 10.2 Å². The molecule has 1 fully saturated rings. The van der Waals surface area contributed by atoms with Gasteiger partial charge < -0.3 is 15.0 Å². The fraction of sp³-hybridized carbons (Fsp3) is 0.714. The summed E-state index contributed by atoms with van der Waals surface area (Å²) in [6, 6.07) is -0.117. The highest BCUT2D eigenvalue weighted by Gasteiger charge is 2.30. The summed E-state index contributed by atoms with van der Waals surface area (Å²) in [4.78, 5) is 24.5. The van der Waals surface area contributed by atoms with Gasteiger partial charge in [0.1, 0.15) is 11.8 Å². The zero-order chi connectivity index (χ0) is 17.2. The summed E-state index contributed by atoms with van der Waals surface area (Å²) in [5, 5.41) is 17.9. The Hall–Kier alpha value is -2.32. The van der Waals surface area contributed by atoms with Gasteiger partial charge in [0.25, 0.3) is 0 Å². The number of nitrogens with one attached hydrogen (secondary N) is 1. The van der Waals surface area contributed by atoms with Crippen LogP contribution in [0.3, 0.4) is 0 Å². The second kappa shape index (κ2) is 6.43. The number of aromatic nitrogens is 2. The van der Waals surface area contributed by atoms with E-state index in [1.165, 1.54) is 10.9 Å². The van der Waals surface area contributed by atoms with Crippen LogP contribution in [0.25, 0.3) is 0 Å². The van der Waals surface area contributed by atoms with Crippen LogP contribution in [0.1, 0.15) is 33.6 Å². The Morgan fingerprint density at radius 3 is 2.83 bits per heavy atom. The number of nitrogens with zero attached hydrogens (tertiary/aromatic N) is 4. The van der Waals surface area contributed by atoms with Crippen LogP contribution in [-0.4, -0.2) is 45.5 Å². The van der Waals surface area contributed by atoms with Crippen LogP contribution in [0, 0.1) is 10.1 Å². The number of amides is 1. The second-order valence-electron chi connectivity index (χ2n) is 6.67. The van der Waals surface area contributed by atoms with Gasteiger partial charge in [0.2, 0.25) is 5.82 Å². The number of ether oxygens (including phenoxy) is 1. The SMILES string of the molecule is Cn1ncc([N+](=O)[O-])c1N1CCCC(NC(=O)OC(C)(C)C)C1. The van der Waals surface area contributed by atoms with Crippen LogP contribution in [0.2, 0.25) is 0 Å². The van der Waals surface area contributed by atoms with E-state index in [2.05, 4.69) is 10.4 Å². The summed E-state index contributed by atoms with van der Waals surface area (Å²) in [6.07, 6.45) is 2.41. The first-order chi connectivity index (χ1) is 10.7. The Morgan fingerprint density at radius 1 is 1.52 bits per heavy atom. The fourth-order valence-electron chi connectivity index (χ4n) is 2.68. The molecule has 1 atom stereocenters. The molecule has 2 rings (SSSR count). The zero-order valence-electron chi connectivity index (χ0n) is 13.9. The van der Waals surface area contributed by atoms with Crippen molar-refractivity contribution in [3.05, 3.63) is 16.3 Å². The molecule has 1 saturated heterocycles. The predicted octanol–water partition coefficient (Wildman–Crippen LogP) is 1.82. The van der Waals surface area contributed by atoms with E-state index in [4.69, 9.17) is 4.74 Å². The lowest BCUT2D eigenvalue weighted by Gasteiger charge is -2.34. The van der Waals surface area contributed by atoms with Crippen molar-refractivity contribution in [2.45, 2.75) is 45.3 Å². The van der Waals surface area contributed by atoms with Crippen molar-refractivity contribution in [2.75, 3.05) is 18.0 Å². The highest BCUT2D eigenvalue weighted by molar-refractivity contribution is 5.68. The van der Waals surface area contributed by atoms with Crippen molar-refractivity contribution in [3.8, 4) is 0 Å². The van der Waals surface area contributed by atoms with Gasteiger partial charge in [-0.2, -0.15) is 5.10 Å². The molecule has 1 N–H and O–H groups in total. The Kier molecular flexibility index (Phi) is 4.76. The minimum atomic E-state index is -0.556. The largest absolute Gasteiger partial charge is 0.444 e. The summed E-state index contributed by atoms with van der Waals surface area (Å²) in [7, 11) is 1.67. The van der Waals surface area contributed by atoms with Gasteiger partial charge in [-0.25, -0.2) is 9.48 Å². The average Bonchev–Trinajstić information content (AvgIpc) is 2.78. The van der Waals surface area contributed by atoms with Crippen LogP contribution >= 0.6 is 0 Å². The molecule has 1 aliphatic rings. The minimum absolute atomic E-state index is 0.0228. The van der Waals surface area contributed by atoms with Gasteiger partial charge in [0.05, 0.1) is 4.92 Å². The van der Waals surface area contributed by atoms with Crippen LogP contribution in [0.5, 0.6) is 0 Å². The van der Waals surface area contributed by atoms with Gasteiger partial charge in [0, 0.05) is 26.2 Å².